The van der Waals surface area contributed by atoms with Gasteiger partial charge in [0.2, 0.25) is 0 Å². The van der Waals surface area contributed by atoms with Crippen LogP contribution in [0.1, 0.15) is 23.2 Å². The van der Waals surface area contributed by atoms with Gasteiger partial charge in [-0.3, -0.25) is 4.79 Å². The number of fused-ring (bicyclic) bond motifs is 2. The van der Waals surface area contributed by atoms with Crippen molar-refractivity contribution in [3.63, 3.8) is 0 Å². The van der Waals surface area contributed by atoms with Gasteiger partial charge in [-0.25, -0.2) is 4.98 Å². The maximum atomic E-state index is 11.9. The average molecular weight is 326 g/mol. The Bertz CT molecular complexity index is 754. The first-order valence-corrected chi connectivity index (χ1v) is 8.41. The fraction of sp³-hybridized carbons (Fsp3) is 0.444. The lowest BCUT2D eigenvalue weighted by atomic mass is 9.96. The van der Waals surface area contributed by atoms with Crippen molar-refractivity contribution in [3.8, 4) is 17.0 Å². The summed E-state index contributed by atoms with van der Waals surface area (Å²) in [4.78, 5) is 16.3. The van der Waals surface area contributed by atoms with E-state index in [4.69, 9.17) is 10.5 Å². The van der Waals surface area contributed by atoms with Crippen LogP contribution in [0, 0.1) is 11.8 Å². The van der Waals surface area contributed by atoms with E-state index in [-0.39, 0.29) is 6.10 Å². The van der Waals surface area contributed by atoms with Gasteiger partial charge in [0.25, 0.3) is 5.91 Å². The average Bonchev–Trinajstić information content (AvgIpc) is 3.07. The number of ether oxygens (including phenoxy) is 1. The van der Waals surface area contributed by atoms with Crippen molar-refractivity contribution >= 4 is 5.91 Å². The van der Waals surface area contributed by atoms with Crippen molar-refractivity contribution in [2.24, 2.45) is 24.6 Å². The SMILES string of the molecule is Cn1cnc(-c2ccc(OC3[C@@H]4CC[C@H]3CNC4)c(C(N)=O)c2)c1. The van der Waals surface area contributed by atoms with Crippen LogP contribution < -0.4 is 15.8 Å². The van der Waals surface area contributed by atoms with Gasteiger partial charge >= 0.3 is 0 Å². The molecule has 2 bridgehead atoms. The normalized spacial score (nSPS) is 25.6. The Morgan fingerprint density at radius 3 is 2.71 bits per heavy atom. The number of nitrogens with zero attached hydrogens (tertiary/aromatic N) is 2. The minimum absolute atomic E-state index is 0.171. The van der Waals surface area contributed by atoms with E-state index >= 15 is 0 Å². The van der Waals surface area contributed by atoms with E-state index in [0.717, 1.165) is 24.3 Å². The van der Waals surface area contributed by atoms with Gasteiger partial charge < -0.3 is 20.4 Å². The Morgan fingerprint density at radius 2 is 2.08 bits per heavy atom. The van der Waals surface area contributed by atoms with E-state index in [9.17, 15) is 4.79 Å². The summed E-state index contributed by atoms with van der Waals surface area (Å²) in [5.41, 5.74) is 7.71. The lowest BCUT2D eigenvalue weighted by Crippen LogP contribution is -2.44. The molecule has 2 aliphatic rings. The number of nitrogens with two attached hydrogens (primary N) is 1. The molecule has 3 atom stereocenters. The molecule has 2 aromatic rings. The van der Waals surface area contributed by atoms with Crippen LogP contribution in [0.15, 0.2) is 30.7 Å². The van der Waals surface area contributed by atoms with E-state index < -0.39 is 5.91 Å². The topological polar surface area (TPSA) is 82.2 Å². The minimum Gasteiger partial charge on any atom is -0.489 e. The predicted molar refractivity (Wildman–Crippen MR) is 90.7 cm³/mol. The molecule has 1 saturated heterocycles. The summed E-state index contributed by atoms with van der Waals surface area (Å²) < 4.78 is 8.14. The van der Waals surface area contributed by atoms with Gasteiger partial charge in [0.05, 0.1) is 17.6 Å². The molecule has 24 heavy (non-hydrogen) atoms. The lowest BCUT2D eigenvalue weighted by molar-refractivity contribution is 0.0882. The fourth-order valence-electron chi connectivity index (χ4n) is 3.92. The van der Waals surface area contributed by atoms with Crippen molar-refractivity contribution < 1.29 is 9.53 Å². The number of benzene rings is 1. The maximum absolute atomic E-state index is 11.9. The van der Waals surface area contributed by atoms with Gasteiger partial charge in [0.15, 0.2) is 0 Å². The Balaban J connectivity index is 1.64. The molecule has 4 rings (SSSR count). The van der Waals surface area contributed by atoms with Crippen LogP contribution in [0.25, 0.3) is 11.3 Å². The number of primary amides is 1. The molecule has 1 aromatic carbocycles. The standard InChI is InChI=1S/C18H22N4O2/c1-22-9-15(21-10-22)11-4-5-16(14(6-11)18(19)23)24-17-12-2-3-13(17)8-20-7-12/h4-6,9-10,12-13,17,20H,2-3,7-8H2,1H3,(H2,19,23)/t12-,13+,17?. The second kappa shape index (κ2) is 5.94. The van der Waals surface area contributed by atoms with E-state index in [1.54, 1.807) is 12.4 Å². The predicted octanol–water partition coefficient (Wildman–Crippen LogP) is 1.56. The molecule has 1 aliphatic carbocycles. The largest absolute Gasteiger partial charge is 0.489 e. The van der Waals surface area contributed by atoms with Gasteiger partial charge in [-0.1, -0.05) is 0 Å². The molecule has 1 aromatic heterocycles. The third kappa shape index (κ3) is 2.67. The molecule has 6 heteroatoms. The van der Waals surface area contributed by atoms with E-state index in [1.807, 2.05) is 29.9 Å². The van der Waals surface area contributed by atoms with Crippen molar-refractivity contribution in [3.05, 3.63) is 36.3 Å². The highest BCUT2D eigenvalue weighted by Crippen LogP contribution is 2.38. The lowest BCUT2D eigenvalue weighted by Gasteiger charge is -2.31. The van der Waals surface area contributed by atoms with Crippen LogP contribution in [0.2, 0.25) is 0 Å². The zero-order chi connectivity index (χ0) is 16.7. The molecule has 1 amide bonds. The van der Waals surface area contributed by atoms with Gasteiger partial charge in [0.1, 0.15) is 11.9 Å². The monoisotopic (exact) mass is 326 g/mol. The van der Waals surface area contributed by atoms with Crippen LogP contribution in [-0.4, -0.2) is 34.7 Å². The zero-order valence-corrected chi connectivity index (χ0v) is 13.7. The minimum atomic E-state index is -0.468. The highest BCUT2D eigenvalue weighted by molar-refractivity contribution is 5.96. The van der Waals surface area contributed by atoms with Crippen molar-refractivity contribution in [2.45, 2.75) is 18.9 Å². The summed E-state index contributed by atoms with van der Waals surface area (Å²) in [5.74, 6) is 1.15. The number of imidazole rings is 1. The molecule has 0 radical (unpaired) electrons. The van der Waals surface area contributed by atoms with Gasteiger partial charge in [-0.05, 0) is 31.0 Å². The van der Waals surface area contributed by atoms with Crippen LogP contribution in [-0.2, 0) is 7.05 Å². The number of hydrogen-bond acceptors (Lipinski definition) is 4. The molecule has 1 aliphatic heterocycles. The van der Waals surface area contributed by atoms with E-state index in [1.165, 1.54) is 12.8 Å². The third-order valence-corrected chi connectivity index (χ3v) is 5.16. The Morgan fingerprint density at radius 1 is 1.33 bits per heavy atom. The Kier molecular flexibility index (Phi) is 3.76. The van der Waals surface area contributed by atoms with Gasteiger partial charge in [-0.15, -0.1) is 0 Å². The van der Waals surface area contributed by atoms with E-state index in [2.05, 4.69) is 10.3 Å². The van der Waals surface area contributed by atoms with Crippen LogP contribution in [0.5, 0.6) is 5.75 Å². The molecule has 0 spiro atoms. The summed E-state index contributed by atoms with van der Waals surface area (Å²) in [7, 11) is 1.91. The number of rotatable bonds is 4. The van der Waals surface area contributed by atoms with Crippen molar-refractivity contribution in [1.82, 2.24) is 14.9 Å². The highest BCUT2D eigenvalue weighted by atomic mass is 16.5. The number of nitrogens with one attached hydrogen (secondary N) is 1. The summed E-state index contributed by atoms with van der Waals surface area (Å²) in [6, 6.07) is 5.57. The molecule has 3 N–H and O–H groups in total. The van der Waals surface area contributed by atoms with E-state index in [0.29, 0.717) is 23.1 Å². The van der Waals surface area contributed by atoms with Crippen molar-refractivity contribution in [1.29, 1.82) is 0 Å². The molecule has 2 fully saturated rings. The summed E-state index contributed by atoms with van der Waals surface area (Å²) in [6.45, 7) is 1.97. The number of piperidine rings is 1. The number of aryl methyl sites for hydroxylation is 1. The third-order valence-electron chi connectivity index (χ3n) is 5.16. The second-order valence-corrected chi connectivity index (χ2v) is 6.84. The summed E-state index contributed by atoms with van der Waals surface area (Å²) in [5, 5.41) is 3.45. The fourth-order valence-corrected chi connectivity index (χ4v) is 3.92. The number of carbonyl (C=O) groups excluding carboxylic acids is 1. The summed E-state index contributed by atoms with van der Waals surface area (Å²) in [6.07, 6.45) is 6.18. The van der Waals surface area contributed by atoms with Crippen LogP contribution in [0.3, 0.4) is 0 Å². The Labute approximate surface area is 141 Å². The first-order chi connectivity index (χ1) is 11.6. The first-order valence-electron chi connectivity index (χ1n) is 8.41. The van der Waals surface area contributed by atoms with Crippen molar-refractivity contribution in [2.75, 3.05) is 13.1 Å². The van der Waals surface area contributed by atoms with Gasteiger partial charge in [-0.2, -0.15) is 0 Å². The molecule has 6 nitrogen and oxygen atoms in total. The molecule has 2 heterocycles. The maximum Gasteiger partial charge on any atom is 0.252 e. The number of carbonyl (C=O) groups is 1. The molecular formula is C18H22N4O2. The molecular weight excluding hydrogens is 304 g/mol. The molecule has 1 saturated carbocycles. The second-order valence-electron chi connectivity index (χ2n) is 6.84. The zero-order valence-electron chi connectivity index (χ0n) is 13.7. The highest BCUT2D eigenvalue weighted by Gasteiger charge is 2.41. The summed E-state index contributed by atoms with van der Waals surface area (Å²) >= 11 is 0. The quantitative estimate of drug-likeness (QED) is 0.893. The molecule has 126 valence electrons. The number of hydrogen-bond donors (Lipinski definition) is 2. The van der Waals surface area contributed by atoms with Crippen LogP contribution >= 0.6 is 0 Å². The molecule has 1 unspecified atom stereocenters. The Hall–Kier alpha value is -2.34. The number of amides is 1. The van der Waals surface area contributed by atoms with Crippen LogP contribution in [0.4, 0.5) is 0 Å². The van der Waals surface area contributed by atoms with Gasteiger partial charge in [0, 0.05) is 43.7 Å². The number of aromatic nitrogens is 2. The first kappa shape index (κ1) is 15.2. The smallest absolute Gasteiger partial charge is 0.252 e.